The first-order valence-electron chi connectivity index (χ1n) is 7.64. The van der Waals surface area contributed by atoms with Gasteiger partial charge in [-0.3, -0.25) is 0 Å². The number of hydrogen-bond donors (Lipinski definition) is 2. The van der Waals surface area contributed by atoms with Crippen LogP contribution in [0, 0.1) is 0 Å². The Bertz CT molecular complexity index is 494. The van der Waals surface area contributed by atoms with Gasteiger partial charge in [-0.25, -0.2) is 9.80 Å². The molecule has 2 atom stereocenters. The summed E-state index contributed by atoms with van der Waals surface area (Å²) >= 11 is 0. The first kappa shape index (κ1) is 15.6. The lowest BCUT2D eigenvalue weighted by molar-refractivity contribution is 0.0526. The zero-order valence-electron chi connectivity index (χ0n) is 13.1. The van der Waals surface area contributed by atoms with Crippen LogP contribution in [-0.2, 0) is 4.74 Å². The third-order valence-electron chi connectivity index (χ3n) is 4.01. The Morgan fingerprint density at radius 1 is 1.38 bits per heavy atom. The monoisotopic (exact) mass is 291 g/mol. The van der Waals surface area contributed by atoms with Crippen molar-refractivity contribution in [3.63, 3.8) is 0 Å². The van der Waals surface area contributed by atoms with Gasteiger partial charge in [0.25, 0.3) is 0 Å². The SMILES string of the molecule is CCOC(=O)c1ccc(N)c(NN2C(C)CCCC2C)c1. The molecule has 1 heterocycles. The Hall–Kier alpha value is -1.75. The smallest absolute Gasteiger partial charge is 0.338 e. The van der Waals surface area contributed by atoms with E-state index in [1.807, 2.05) is 0 Å². The molecule has 21 heavy (non-hydrogen) atoms. The molecule has 0 aromatic heterocycles. The van der Waals surface area contributed by atoms with Crippen LogP contribution in [-0.4, -0.2) is 29.7 Å². The lowest BCUT2D eigenvalue weighted by Crippen LogP contribution is -2.47. The number of nitrogen functional groups attached to an aromatic ring is 1. The van der Waals surface area contributed by atoms with Gasteiger partial charge in [0.05, 0.1) is 23.5 Å². The van der Waals surface area contributed by atoms with Crippen molar-refractivity contribution in [3.05, 3.63) is 23.8 Å². The van der Waals surface area contributed by atoms with Crippen molar-refractivity contribution in [2.24, 2.45) is 0 Å². The predicted molar refractivity (Wildman–Crippen MR) is 85.0 cm³/mol. The van der Waals surface area contributed by atoms with Gasteiger partial charge >= 0.3 is 5.97 Å². The second kappa shape index (κ2) is 6.80. The maximum Gasteiger partial charge on any atom is 0.338 e. The van der Waals surface area contributed by atoms with E-state index in [1.54, 1.807) is 25.1 Å². The lowest BCUT2D eigenvalue weighted by atomic mass is 10.00. The number of carbonyl (C=O) groups excluding carboxylic acids is 1. The molecule has 0 aliphatic carbocycles. The van der Waals surface area contributed by atoms with Gasteiger partial charge in [-0.1, -0.05) is 6.42 Å². The molecule has 116 valence electrons. The number of nitrogens with zero attached hydrogens (tertiary/aromatic N) is 1. The Morgan fingerprint density at radius 3 is 2.67 bits per heavy atom. The molecule has 1 aromatic carbocycles. The molecule has 1 aromatic rings. The van der Waals surface area contributed by atoms with Crippen LogP contribution in [0.5, 0.6) is 0 Å². The fraction of sp³-hybridized carbons (Fsp3) is 0.562. The summed E-state index contributed by atoms with van der Waals surface area (Å²) in [6, 6.07) is 6.09. The Morgan fingerprint density at radius 2 is 2.05 bits per heavy atom. The molecule has 1 aliphatic heterocycles. The predicted octanol–water partition coefficient (Wildman–Crippen LogP) is 3.04. The molecule has 0 saturated carbocycles. The second-order valence-corrected chi connectivity index (χ2v) is 5.67. The molecule has 0 radical (unpaired) electrons. The van der Waals surface area contributed by atoms with Crippen LogP contribution in [0.4, 0.5) is 11.4 Å². The van der Waals surface area contributed by atoms with Crippen molar-refractivity contribution in [3.8, 4) is 0 Å². The van der Waals surface area contributed by atoms with Gasteiger partial charge in [0.2, 0.25) is 0 Å². The van der Waals surface area contributed by atoms with Crippen molar-refractivity contribution >= 4 is 17.3 Å². The van der Waals surface area contributed by atoms with Crippen LogP contribution < -0.4 is 11.2 Å². The Balaban J connectivity index is 2.18. The van der Waals surface area contributed by atoms with Gasteiger partial charge in [0.1, 0.15) is 0 Å². The molecule has 1 fully saturated rings. The minimum absolute atomic E-state index is 0.319. The standard InChI is InChI=1S/C16H25N3O2/c1-4-21-16(20)13-8-9-14(17)15(10-13)18-19-11(2)6-5-7-12(19)3/h8-12,18H,4-7,17H2,1-3H3. The van der Waals surface area contributed by atoms with Gasteiger partial charge in [-0.15, -0.1) is 0 Å². The maximum atomic E-state index is 11.8. The Labute approximate surface area is 126 Å². The lowest BCUT2D eigenvalue weighted by Gasteiger charge is -2.39. The maximum absolute atomic E-state index is 11.8. The number of nitrogens with one attached hydrogen (secondary N) is 1. The first-order chi connectivity index (χ1) is 10.0. The van der Waals surface area contributed by atoms with Crippen molar-refractivity contribution in [1.82, 2.24) is 5.01 Å². The number of piperidine rings is 1. The summed E-state index contributed by atoms with van der Waals surface area (Å²) in [7, 11) is 0. The fourth-order valence-corrected chi connectivity index (χ4v) is 2.78. The van der Waals surface area contributed by atoms with E-state index in [4.69, 9.17) is 10.5 Å². The number of esters is 1. The van der Waals surface area contributed by atoms with Gasteiger partial charge < -0.3 is 15.9 Å². The molecular formula is C16H25N3O2. The van der Waals surface area contributed by atoms with Crippen molar-refractivity contribution in [1.29, 1.82) is 0 Å². The molecule has 3 N–H and O–H groups in total. The van der Waals surface area contributed by atoms with Crippen molar-refractivity contribution in [2.45, 2.75) is 52.1 Å². The van der Waals surface area contributed by atoms with Crippen LogP contribution in [0.15, 0.2) is 18.2 Å². The molecule has 2 rings (SSSR count). The number of rotatable bonds is 4. The summed E-state index contributed by atoms with van der Waals surface area (Å²) in [6.07, 6.45) is 3.57. The minimum atomic E-state index is -0.319. The molecule has 1 saturated heterocycles. The first-order valence-corrected chi connectivity index (χ1v) is 7.64. The van der Waals surface area contributed by atoms with Crippen LogP contribution in [0.3, 0.4) is 0 Å². The van der Waals surface area contributed by atoms with E-state index in [2.05, 4.69) is 24.3 Å². The quantitative estimate of drug-likeness (QED) is 0.659. The van der Waals surface area contributed by atoms with E-state index < -0.39 is 0 Å². The number of hydrazine groups is 1. The molecule has 0 spiro atoms. The largest absolute Gasteiger partial charge is 0.462 e. The van der Waals surface area contributed by atoms with Crippen molar-refractivity contribution in [2.75, 3.05) is 17.8 Å². The molecule has 0 bridgehead atoms. The number of nitrogens with two attached hydrogens (primary N) is 1. The third kappa shape index (κ3) is 3.67. The van der Waals surface area contributed by atoms with E-state index >= 15 is 0 Å². The van der Waals surface area contributed by atoms with Gasteiger partial charge in [0, 0.05) is 12.1 Å². The van der Waals surface area contributed by atoms with Crippen LogP contribution in [0.2, 0.25) is 0 Å². The third-order valence-corrected chi connectivity index (χ3v) is 4.01. The zero-order chi connectivity index (χ0) is 15.4. The number of carbonyl (C=O) groups is 1. The zero-order valence-corrected chi connectivity index (χ0v) is 13.1. The fourth-order valence-electron chi connectivity index (χ4n) is 2.78. The van der Waals surface area contributed by atoms with E-state index in [1.165, 1.54) is 6.42 Å². The average molecular weight is 291 g/mol. The van der Waals surface area contributed by atoms with Crippen molar-refractivity contribution < 1.29 is 9.53 Å². The van der Waals surface area contributed by atoms with Crippen LogP contribution in [0.25, 0.3) is 0 Å². The number of hydrogen-bond acceptors (Lipinski definition) is 5. The highest BCUT2D eigenvalue weighted by Gasteiger charge is 2.25. The summed E-state index contributed by atoms with van der Waals surface area (Å²) in [4.78, 5) is 11.8. The second-order valence-electron chi connectivity index (χ2n) is 5.67. The summed E-state index contributed by atoms with van der Waals surface area (Å²) in [5, 5.41) is 2.23. The van der Waals surface area contributed by atoms with Gasteiger partial charge in [-0.05, 0) is 51.8 Å². The number of benzene rings is 1. The number of ether oxygens (including phenoxy) is 1. The molecule has 5 nitrogen and oxygen atoms in total. The van der Waals surface area contributed by atoms with E-state index in [0.29, 0.717) is 29.9 Å². The van der Waals surface area contributed by atoms with E-state index in [9.17, 15) is 4.79 Å². The molecule has 1 aliphatic rings. The molecule has 5 heteroatoms. The molecular weight excluding hydrogens is 266 g/mol. The highest BCUT2D eigenvalue weighted by Crippen LogP contribution is 2.27. The van der Waals surface area contributed by atoms with Gasteiger partial charge in [0.15, 0.2) is 0 Å². The van der Waals surface area contributed by atoms with E-state index in [0.717, 1.165) is 18.5 Å². The topological polar surface area (TPSA) is 67.6 Å². The van der Waals surface area contributed by atoms with Crippen LogP contribution >= 0.6 is 0 Å². The molecule has 0 amide bonds. The highest BCUT2D eigenvalue weighted by molar-refractivity contribution is 5.92. The summed E-state index contributed by atoms with van der Waals surface area (Å²) in [5.74, 6) is -0.319. The average Bonchev–Trinajstić information content (AvgIpc) is 2.45. The highest BCUT2D eigenvalue weighted by atomic mass is 16.5. The van der Waals surface area contributed by atoms with Gasteiger partial charge in [-0.2, -0.15) is 0 Å². The minimum Gasteiger partial charge on any atom is -0.462 e. The Kier molecular flexibility index (Phi) is 5.07. The number of anilines is 2. The van der Waals surface area contributed by atoms with E-state index in [-0.39, 0.29) is 5.97 Å². The molecule has 2 unspecified atom stereocenters. The summed E-state index contributed by atoms with van der Waals surface area (Å²) in [5.41, 5.74) is 11.3. The van der Waals surface area contributed by atoms with Crippen LogP contribution in [0.1, 0.15) is 50.4 Å². The summed E-state index contributed by atoms with van der Waals surface area (Å²) in [6.45, 7) is 6.57. The summed E-state index contributed by atoms with van der Waals surface area (Å²) < 4.78 is 5.03. The normalized spacial score (nSPS) is 22.8.